The summed E-state index contributed by atoms with van der Waals surface area (Å²) in [7, 11) is 4.06. The van der Waals surface area contributed by atoms with Crippen LogP contribution in [0.3, 0.4) is 0 Å². The lowest BCUT2D eigenvalue weighted by Gasteiger charge is -2.31. The largest absolute Gasteiger partial charge is 0.478 e. The molecular formula is C24H30ClN3O2S. The zero-order chi connectivity index (χ0) is 22.8. The number of thiazole rings is 1. The SMILES string of the molecule is Cc1ccc(C)c2sc(N(CCCN(C)C)C(=O)C(C)(C)Oc3ccc(Cl)cc3)nc12. The minimum absolute atomic E-state index is 0.115. The standard InChI is InChI=1S/C24H30ClN3O2S/c1-16-8-9-17(2)21-20(16)26-23(31-21)28(15-7-14-27(5)6)22(29)24(3,4)30-19-12-10-18(25)11-13-19/h8-13H,7,14-15H2,1-6H3. The highest BCUT2D eigenvalue weighted by atomic mass is 35.5. The minimum atomic E-state index is -1.06. The van der Waals surface area contributed by atoms with E-state index < -0.39 is 5.60 Å². The first-order valence-corrected chi connectivity index (χ1v) is 11.6. The van der Waals surface area contributed by atoms with Crippen LogP contribution in [0.25, 0.3) is 10.2 Å². The number of ether oxygens (including phenoxy) is 1. The van der Waals surface area contributed by atoms with Crippen LogP contribution < -0.4 is 9.64 Å². The van der Waals surface area contributed by atoms with Gasteiger partial charge in [-0.25, -0.2) is 4.98 Å². The van der Waals surface area contributed by atoms with Gasteiger partial charge in [0.15, 0.2) is 10.7 Å². The van der Waals surface area contributed by atoms with E-state index in [1.807, 2.05) is 14.1 Å². The summed E-state index contributed by atoms with van der Waals surface area (Å²) in [4.78, 5) is 22.4. The molecule has 166 valence electrons. The number of amides is 1. The third kappa shape index (κ3) is 5.56. The molecule has 0 radical (unpaired) electrons. The van der Waals surface area contributed by atoms with Gasteiger partial charge in [0.05, 0.1) is 10.2 Å². The fourth-order valence-corrected chi connectivity index (χ4v) is 4.62. The van der Waals surface area contributed by atoms with E-state index >= 15 is 0 Å². The Hall–Kier alpha value is -2.15. The van der Waals surface area contributed by atoms with Crippen LogP contribution in [0.1, 0.15) is 31.4 Å². The molecule has 3 aromatic rings. The van der Waals surface area contributed by atoms with Crippen molar-refractivity contribution in [1.29, 1.82) is 0 Å². The maximum absolute atomic E-state index is 13.7. The van der Waals surface area contributed by atoms with Gasteiger partial charge in [0, 0.05) is 11.6 Å². The molecule has 7 heteroatoms. The number of benzene rings is 2. The Morgan fingerprint density at radius 2 is 1.71 bits per heavy atom. The molecule has 1 aromatic heterocycles. The van der Waals surface area contributed by atoms with Gasteiger partial charge in [0.25, 0.3) is 5.91 Å². The lowest BCUT2D eigenvalue weighted by atomic mass is 10.1. The predicted molar refractivity (Wildman–Crippen MR) is 131 cm³/mol. The third-order valence-electron chi connectivity index (χ3n) is 5.10. The van der Waals surface area contributed by atoms with Crippen molar-refractivity contribution in [3.8, 4) is 5.75 Å². The number of aromatic nitrogens is 1. The highest BCUT2D eigenvalue weighted by Gasteiger charge is 2.36. The number of fused-ring (bicyclic) bond motifs is 1. The molecule has 0 aliphatic rings. The monoisotopic (exact) mass is 459 g/mol. The summed E-state index contributed by atoms with van der Waals surface area (Å²) in [5.74, 6) is 0.488. The number of halogens is 1. The summed E-state index contributed by atoms with van der Waals surface area (Å²) in [6, 6.07) is 11.2. The van der Waals surface area contributed by atoms with Crippen LogP contribution in [0.2, 0.25) is 5.02 Å². The first kappa shape index (κ1) is 23.5. The van der Waals surface area contributed by atoms with Gasteiger partial charge in [-0.2, -0.15) is 0 Å². The van der Waals surface area contributed by atoms with Crippen molar-refractivity contribution in [2.24, 2.45) is 0 Å². The maximum Gasteiger partial charge on any atom is 0.272 e. The Kier molecular flexibility index (Phi) is 7.24. The second kappa shape index (κ2) is 9.55. The van der Waals surface area contributed by atoms with Crippen molar-refractivity contribution >= 4 is 44.2 Å². The Bertz CT molecular complexity index is 1020. The van der Waals surface area contributed by atoms with Crippen molar-refractivity contribution < 1.29 is 9.53 Å². The number of hydrogen-bond donors (Lipinski definition) is 0. The molecule has 1 heterocycles. The highest BCUT2D eigenvalue weighted by molar-refractivity contribution is 7.22. The van der Waals surface area contributed by atoms with Gasteiger partial charge in [0.1, 0.15) is 5.75 Å². The second-order valence-electron chi connectivity index (χ2n) is 8.55. The van der Waals surface area contributed by atoms with E-state index in [4.69, 9.17) is 21.3 Å². The van der Waals surface area contributed by atoms with Gasteiger partial charge in [-0.15, -0.1) is 0 Å². The van der Waals surface area contributed by atoms with E-state index in [9.17, 15) is 4.79 Å². The second-order valence-corrected chi connectivity index (χ2v) is 9.97. The minimum Gasteiger partial charge on any atom is -0.478 e. The summed E-state index contributed by atoms with van der Waals surface area (Å²) in [6.07, 6.45) is 0.837. The summed E-state index contributed by atoms with van der Waals surface area (Å²) in [5, 5.41) is 1.34. The smallest absolute Gasteiger partial charge is 0.272 e. The summed E-state index contributed by atoms with van der Waals surface area (Å²) < 4.78 is 7.21. The zero-order valence-electron chi connectivity index (χ0n) is 19.0. The van der Waals surface area contributed by atoms with E-state index in [0.717, 1.165) is 28.7 Å². The lowest BCUT2D eigenvalue weighted by Crippen LogP contribution is -2.49. The van der Waals surface area contributed by atoms with Gasteiger partial charge in [-0.3, -0.25) is 9.69 Å². The van der Waals surface area contributed by atoms with Crippen molar-refractivity contribution in [2.45, 2.75) is 39.7 Å². The fourth-order valence-electron chi connectivity index (χ4n) is 3.36. The molecule has 2 aromatic carbocycles. The molecule has 31 heavy (non-hydrogen) atoms. The molecule has 0 atom stereocenters. The lowest BCUT2D eigenvalue weighted by molar-refractivity contribution is -0.131. The Morgan fingerprint density at radius 1 is 1.06 bits per heavy atom. The Balaban J connectivity index is 1.94. The van der Waals surface area contributed by atoms with Crippen molar-refractivity contribution in [2.75, 3.05) is 32.1 Å². The molecule has 0 saturated carbocycles. The van der Waals surface area contributed by atoms with Gasteiger partial charge in [-0.1, -0.05) is 35.1 Å². The third-order valence-corrected chi connectivity index (χ3v) is 6.56. The normalized spacial score (nSPS) is 11.9. The molecule has 0 unspecified atom stereocenters. The average Bonchev–Trinajstić information content (AvgIpc) is 3.15. The fraction of sp³-hybridized carbons (Fsp3) is 0.417. The molecular weight excluding hydrogens is 430 g/mol. The zero-order valence-corrected chi connectivity index (χ0v) is 20.6. The van der Waals surface area contributed by atoms with Crippen molar-refractivity contribution in [1.82, 2.24) is 9.88 Å². The first-order valence-electron chi connectivity index (χ1n) is 10.4. The van der Waals surface area contributed by atoms with E-state index in [-0.39, 0.29) is 5.91 Å². The molecule has 0 N–H and O–H groups in total. The number of aryl methyl sites for hydroxylation is 2. The van der Waals surface area contributed by atoms with E-state index in [0.29, 0.717) is 22.4 Å². The van der Waals surface area contributed by atoms with E-state index in [2.05, 4.69) is 30.9 Å². The molecule has 0 spiro atoms. The van der Waals surface area contributed by atoms with Crippen LogP contribution in [0.4, 0.5) is 5.13 Å². The van der Waals surface area contributed by atoms with Gasteiger partial charge in [-0.05, 0) is 90.1 Å². The number of rotatable bonds is 8. The molecule has 0 aliphatic carbocycles. The van der Waals surface area contributed by atoms with Gasteiger partial charge in [0.2, 0.25) is 0 Å². The number of carbonyl (C=O) groups is 1. The van der Waals surface area contributed by atoms with Crippen LogP contribution in [0, 0.1) is 13.8 Å². The predicted octanol–water partition coefficient (Wildman–Crippen LogP) is 5.71. The Morgan fingerprint density at radius 3 is 2.32 bits per heavy atom. The summed E-state index contributed by atoms with van der Waals surface area (Å²) >= 11 is 7.55. The van der Waals surface area contributed by atoms with Gasteiger partial charge >= 0.3 is 0 Å². The average molecular weight is 460 g/mol. The van der Waals surface area contributed by atoms with Crippen LogP contribution in [-0.2, 0) is 4.79 Å². The van der Waals surface area contributed by atoms with Crippen molar-refractivity contribution in [3.63, 3.8) is 0 Å². The molecule has 5 nitrogen and oxygen atoms in total. The number of nitrogens with zero attached hydrogens (tertiary/aromatic N) is 3. The van der Waals surface area contributed by atoms with Crippen LogP contribution in [0.5, 0.6) is 5.75 Å². The number of carbonyl (C=O) groups excluding carboxylic acids is 1. The molecule has 0 bridgehead atoms. The van der Waals surface area contributed by atoms with Crippen LogP contribution >= 0.6 is 22.9 Å². The quantitative estimate of drug-likeness (QED) is 0.433. The maximum atomic E-state index is 13.7. The number of anilines is 1. The van der Waals surface area contributed by atoms with Crippen molar-refractivity contribution in [3.05, 3.63) is 52.5 Å². The molecule has 1 amide bonds. The molecule has 0 aliphatic heterocycles. The highest BCUT2D eigenvalue weighted by Crippen LogP contribution is 2.34. The van der Waals surface area contributed by atoms with E-state index in [1.165, 1.54) is 5.56 Å². The first-order chi connectivity index (χ1) is 14.6. The topological polar surface area (TPSA) is 45.7 Å². The summed E-state index contributed by atoms with van der Waals surface area (Å²) in [5.41, 5.74) is 2.18. The number of hydrogen-bond acceptors (Lipinski definition) is 5. The van der Waals surface area contributed by atoms with Crippen LogP contribution in [0.15, 0.2) is 36.4 Å². The van der Waals surface area contributed by atoms with E-state index in [1.54, 1.807) is 54.3 Å². The van der Waals surface area contributed by atoms with Gasteiger partial charge < -0.3 is 9.64 Å². The summed E-state index contributed by atoms with van der Waals surface area (Å²) in [6.45, 7) is 9.18. The Labute approximate surface area is 193 Å². The van der Waals surface area contributed by atoms with Crippen LogP contribution in [-0.4, -0.2) is 48.6 Å². The molecule has 3 rings (SSSR count). The molecule has 0 fully saturated rings. The molecule has 0 saturated heterocycles.